The maximum absolute atomic E-state index is 12.8. The number of benzene rings is 1. The van der Waals surface area contributed by atoms with Gasteiger partial charge in [0.05, 0.1) is 17.3 Å². The first-order valence-corrected chi connectivity index (χ1v) is 7.19. The number of hydrogen-bond donors (Lipinski definition) is 2. The molecule has 1 aliphatic heterocycles. The minimum atomic E-state index is -0.573. The van der Waals surface area contributed by atoms with Crippen molar-refractivity contribution in [1.82, 2.24) is 0 Å². The van der Waals surface area contributed by atoms with E-state index in [0.29, 0.717) is 13.0 Å². The zero-order valence-corrected chi connectivity index (χ0v) is 12.5. The second kappa shape index (κ2) is 6.47. The van der Waals surface area contributed by atoms with Gasteiger partial charge in [-0.05, 0) is 18.6 Å². The monoisotopic (exact) mass is 290 g/mol. The van der Waals surface area contributed by atoms with Crippen LogP contribution in [0.15, 0.2) is 29.4 Å². The van der Waals surface area contributed by atoms with Crippen molar-refractivity contribution in [3.8, 4) is 0 Å². The van der Waals surface area contributed by atoms with Crippen LogP contribution in [0.2, 0.25) is 0 Å². The Labute approximate surface area is 124 Å². The van der Waals surface area contributed by atoms with Gasteiger partial charge in [-0.15, -0.1) is 0 Å². The lowest BCUT2D eigenvalue weighted by atomic mass is 9.99. The van der Waals surface area contributed by atoms with E-state index in [2.05, 4.69) is 10.1 Å². The number of nitrogens with two attached hydrogens (primary N) is 1. The molecule has 0 bridgehead atoms. The summed E-state index contributed by atoms with van der Waals surface area (Å²) in [6.07, 6.45) is 1.37. The summed E-state index contributed by atoms with van der Waals surface area (Å²) in [5.41, 5.74) is 7.60. The zero-order chi connectivity index (χ0) is 15.4. The number of fused-ring (bicyclic) bond motifs is 1. The lowest BCUT2D eigenvalue weighted by Gasteiger charge is -2.37. The van der Waals surface area contributed by atoms with Gasteiger partial charge in [0.2, 0.25) is 5.91 Å². The summed E-state index contributed by atoms with van der Waals surface area (Å²) in [6.45, 7) is 3.34. The number of likely N-dealkylation sites (N-methyl/N-ethyl adjacent to an activating group) is 1. The molecule has 2 rings (SSSR count). The van der Waals surface area contributed by atoms with Crippen LogP contribution in [-0.4, -0.2) is 37.1 Å². The molecule has 1 aromatic rings. The molecular formula is C15H22N4O2. The van der Waals surface area contributed by atoms with Crippen molar-refractivity contribution < 1.29 is 10.0 Å². The highest BCUT2D eigenvalue weighted by Gasteiger charge is 2.31. The van der Waals surface area contributed by atoms with Crippen LogP contribution in [-0.2, 0) is 4.79 Å². The van der Waals surface area contributed by atoms with E-state index in [1.807, 2.05) is 38.2 Å². The van der Waals surface area contributed by atoms with Gasteiger partial charge in [-0.2, -0.15) is 0 Å². The molecule has 1 unspecified atom stereocenters. The smallest absolute Gasteiger partial charge is 0.237 e. The Bertz CT molecular complexity index is 544. The molecular weight excluding hydrogens is 268 g/mol. The minimum Gasteiger partial charge on any atom is -0.409 e. The van der Waals surface area contributed by atoms with Crippen molar-refractivity contribution in [2.24, 2.45) is 16.8 Å². The third-order valence-corrected chi connectivity index (χ3v) is 3.86. The molecule has 1 heterocycles. The second-order valence-electron chi connectivity index (χ2n) is 5.27. The molecule has 0 saturated heterocycles. The van der Waals surface area contributed by atoms with Gasteiger partial charge in [-0.3, -0.25) is 4.79 Å². The Hall–Kier alpha value is -2.24. The molecule has 0 radical (unpaired) electrons. The van der Waals surface area contributed by atoms with Gasteiger partial charge in [0.1, 0.15) is 0 Å². The van der Waals surface area contributed by atoms with Crippen molar-refractivity contribution in [2.45, 2.75) is 19.8 Å². The van der Waals surface area contributed by atoms with Crippen molar-refractivity contribution in [3.05, 3.63) is 24.3 Å². The van der Waals surface area contributed by atoms with E-state index in [4.69, 9.17) is 10.9 Å². The van der Waals surface area contributed by atoms with Crippen LogP contribution in [0.4, 0.5) is 11.4 Å². The highest BCUT2D eigenvalue weighted by molar-refractivity contribution is 6.10. The fourth-order valence-electron chi connectivity index (χ4n) is 2.68. The van der Waals surface area contributed by atoms with Crippen molar-refractivity contribution in [3.63, 3.8) is 0 Å². The summed E-state index contributed by atoms with van der Waals surface area (Å²) in [6, 6.07) is 7.79. The Morgan fingerprint density at radius 3 is 2.67 bits per heavy atom. The molecule has 0 saturated carbocycles. The summed E-state index contributed by atoms with van der Waals surface area (Å²) in [5.74, 6) is -0.692. The molecule has 3 N–H and O–H groups in total. The number of oxime groups is 1. The highest BCUT2D eigenvalue weighted by atomic mass is 16.4. The molecule has 1 atom stereocenters. The van der Waals surface area contributed by atoms with Gasteiger partial charge >= 0.3 is 0 Å². The number of rotatable bonds is 4. The third kappa shape index (κ3) is 2.94. The molecule has 0 aromatic heterocycles. The number of amidine groups is 1. The summed E-state index contributed by atoms with van der Waals surface area (Å²) in [5, 5.41) is 11.9. The van der Waals surface area contributed by atoms with Crippen LogP contribution in [0.3, 0.4) is 0 Å². The topological polar surface area (TPSA) is 82.2 Å². The summed E-state index contributed by atoms with van der Waals surface area (Å²) < 4.78 is 0. The number of hydrogen-bond acceptors (Lipinski definition) is 4. The number of para-hydroxylation sites is 2. The van der Waals surface area contributed by atoms with E-state index in [-0.39, 0.29) is 11.7 Å². The summed E-state index contributed by atoms with van der Waals surface area (Å²) >= 11 is 0. The van der Waals surface area contributed by atoms with Crippen LogP contribution in [0, 0.1) is 5.92 Å². The Morgan fingerprint density at radius 2 is 2.05 bits per heavy atom. The Balaban J connectivity index is 2.33. The van der Waals surface area contributed by atoms with E-state index in [1.165, 1.54) is 0 Å². The van der Waals surface area contributed by atoms with Gasteiger partial charge < -0.3 is 20.7 Å². The number of carbonyl (C=O) groups is 1. The normalized spacial score (nSPS) is 16.6. The maximum atomic E-state index is 12.8. The molecule has 0 spiro atoms. The molecule has 6 nitrogen and oxygen atoms in total. The third-order valence-electron chi connectivity index (χ3n) is 3.86. The molecule has 6 heteroatoms. The van der Waals surface area contributed by atoms with E-state index in [1.54, 1.807) is 4.90 Å². The number of carbonyl (C=O) groups excluding carboxylic acids is 1. The van der Waals surface area contributed by atoms with Crippen LogP contribution >= 0.6 is 0 Å². The van der Waals surface area contributed by atoms with Gasteiger partial charge in [-0.25, -0.2) is 0 Å². The quantitative estimate of drug-likeness (QED) is 0.382. The van der Waals surface area contributed by atoms with Crippen molar-refractivity contribution >= 4 is 23.1 Å². The Kier molecular flexibility index (Phi) is 4.67. The first kappa shape index (κ1) is 15.2. The maximum Gasteiger partial charge on any atom is 0.237 e. The molecule has 1 aromatic carbocycles. The minimum absolute atomic E-state index is 0.0155. The fourth-order valence-corrected chi connectivity index (χ4v) is 2.68. The second-order valence-corrected chi connectivity index (χ2v) is 5.27. The van der Waals surface area contributed by atoms with Gasteiger partial charge in [0.25, 0.3) is 0 Å². The molecule has 1 aliphatic rings. The predicted molar refractivity (Wildman–Crippen MR) is 83.9 cm³/mol. The van der Waals surface area contributed by atoms with E-state index >= 15 is 0 Å². The largest absolute Gasteiger partial charge is 0.409 e. The summed E-state index contributed by atoms with van der Waals surface area (Å²) in [4.78, 5) is 16.7. The molecule has 114 valence electrons. The van der Waals surface area contributed by atoms with E-state index < -0.39 is 5.92 Å². The first-order chi connectivity index (χ1) is 10.1. The standard InChI is InChI=1S/C15H22N4O2/c1-3-6-11(14(16)17-21)15(20)19-10-9-18(2)12-7-4-5-8-13(12)19/h4-5,7-8,11,21H,3,6,9-10H2,1-2H3,(H2,16,17). The van der Waals surface area contributed by atoms with Gasteiger partial charge in [-0.1, -0.05) is 30.6 Å². The number of nitrogens with zero attached hydrogens (tertiary/aromatic N) is 3. The van der Waals surface area contributed by atoms with Crippen molar-refractivity contribution in [2.75, 3.05) is 29.9 Å². The lowest BCUT2D eigenvalue weighted by molar-refractivity contribution is -0.120. The van der Waals surface area contributed by atoms with Crippen molar-refractivity contribution in [1.29, 1.82) is 0 Å². The van der Waals surface area contributed by atoms with Crippen LogP contribution in [0.25, 0.3) is 0 Å². The van der Waals surface area contributed by atoms with Crippen LogP contribution < -0.4 is 15.5 Å². The van der Waals surface area contributed by atoms with Crippen LogP contribution in [0.1, 0.15) is 19.8 Å². The number of anilines is 2. The molecule has 21 heavy (non-hydrogen) atoms. The lowest BCUT2D eigenvalue weighted by Crippen LogP contribution is -2.48. The van der Waals surface area contributed by atoms with Gasteiger partial charge in [0.15, 0.2) is 5.84 Å². The average Bonchev–Trinajstić information content (AvgIpc) is 2.52. The Morgan fingerprint density at radius 1 is 1.38 bits per heavy atom. The molecule has 0 fully saturated rings. The fraction of sp³-hybridized carbons (Fsp3) is 0.467. The van der Waals surface area contributed by atoms with Crippen LogP contribution in [0.5, 0.6) is 0 Å². The number of amides is 1. The summed E-state index contributed by atoms with van der Waals surface area (Å²) in [7, 11) is 2.01. The predicted octanol–water partition coefficient (Wildman–Crippen LogP) is 1.63. The zero-order valence-electron chi connectivity index (χ0n) is 12.5. The highest BCUT2D eigenvalue weighted by Crippen LogP contribution is 2.33. The SMILES string of the molecule is CCCC(C(=O)N1CCN(C)c2ccccc21)C(N)=NO. The molecule has 0 aliphatic carbocycles. The molecule has 1 amide bonds. The average molecular weight is 290 g/mol. The van der Waals surface area contributed by atoms with E-state index in [0.717, 1.165) is 24.3 Å². The first-order valence-electron chi connectivity index (χ1n) is 7.19. The van der Waals surface area contributed by atoms with E-state index in [9.17, 15) is 4.79 Å². The van der Waals surface area contributed by atoms with Gasteiger partial charge in [0, 0.05) is 20.1 Å².